The summed E-state index contributed by atoms with van der Waals surface area (Å²) in [6.07, 6.45) is 6.35. The van der Waals surface area contributed by atoms with Crippen LogP contribution in [0.25, 0.3) is 11.0 Å². The maximum Gasteiger partial charge on any atom is 0.123 e. The molecule has 1 aromatic carbocycles. The summed E-state index contributed by atoms with van der Waals surface area (Å²) in [4.78, 5) is 4.80. The maximum absolute atomic E-state index is 4.80. The Labute approximate surface area is 128 Å². The lowest BCUT2D eigenvalue weighted by Gasteiger charge is -2.18. The largest absolute Gasteiger partial charge is 0.327 e. The Morgan fingerprint density at radius 3 is 2.62 bits per heavy atom. The van der Waals surface area contributed by atoms with Gasteiger partial charge in [0.05, 0.1) is 17.6 Å². The Balaban J connectivity index is 2.07. The van der Waals surface area contributed by atoms with Gasteiger partial charge in [-0.05, 0) is 31.9 Å². The predicted molar refractivity (Wildman–Crippen MR) is 90.5 cm³/mol. The van der Waals surface area contributed by atoms with Crippen molar-refractivity contribution < 1.29 is 0 Å². The third-order valence-electron chi connectivity index (χ3n) is 4.14. The van der Waals surface area contributed by atoms with E-state index in [1.165, 1.54) is 37.6 Å². The van der Waals surface area contributed by atoms with Crippen LogP contribution < -0.4 is 5.32 Å². The van der Waals surface area contributed by atoms with Crippen molar-refractivity contribution in [1.82, 2.24) is 14.9 Å². The highest BCUT2D eigenvalue weighted by molar-refractivity contribution is 5.75. The van der Waals surface area contributed by atoms with Gasteiger partial charge in [0.1, 0.15) is 5.82 Å². The van der Waals surface area contributed by atoms with Crippen LogP contribution in [-0.4, -0.2) is 15.6 Å². The molecule has 0 spiro atoms. The zero-order chi connectivity index (χ0) is 15.1. The van der Waals surface area contributed by atoms with E-state index in [-0.39, 0.29) is 0 Å². The van der Waals surface area contributed by atoms with Crippen molar-refractivity contribution in [2.45, 2.75) is 72.0 Å². The first-order chi connectivity index (χ1) is 10.3. The minimum atomic E-state index is 0.625. The fourth-order valence-corrected chi connectivity index (χ4v) is 3.00. The molecule has 0 bridgehead atoms. The number of nitrogens with one attached hydrogen (secondary N) is 1. The topological polar surface area (TPSA) is 29.9 Å². The van der Waals surface area contributed by atoms with E-state index < -0.39 is 0 Å². The molecule has 21 heavy (non-hydrogen) atoms. The first kappa shape index (κ1) is 16.0. The number of imidazole rings is 1. The molecule has 1 N–H and O–H groups in total. The minimum Gasteiger partial charge on any atom is -0.327 e. The third kappa shape index (κ3) is 4.07. The average molecular weight is 287 g/mol. The van der Waals surface area contributed by atoms with Gasteiger partial charge in [-0.1, -0.05) is 45.2 Å². The molecule has 1 aromatic heterocycles. The quantitative estimate of drug-likeness (QED) is 0.735. The summed E-state index contributed by atoms with van der Waals surface area (Å²) in [5.41, 5.74) is 2.36. The molecular weight excluding hydrogens is 258 g/mol. The molecule has 1 heterocycles. The van der Waals surface area contributed by atoms with E-state index in [1.54, 1.807) is 0 Å². The number of para-hydroxylation sites is 2. The van der Waals surface area contributed by atoms with E-state index in [2.05, 4.69) is 54.9 Å². The van der Waals surface area contributed by atoms with Gasteiger partial charge in [0, 0.05) is 12.6 Å². The van der Waals surface area contributed by atoms with Crippen LogP contribution >= 0.6 is 0 Å². The number of aryl methyl sites for hydroxylation is 1. The lowest BCUT2D eigenvalue weighted by molar-refractivity contribution is 0.425. The number of fused-ring (bicyclic) bond motifs is 1. The van der Waals surface area contributed by atoms with Gasteiger partial charge in [0.2, 0.25) is 0 Å². The van der Waals surface area contributed by atoms with E-state index in [4.69, 9.17) is 4.98 Å². The lowest BCUT2D eigenvalue weighted by Crippen LogP contribution is -2.29. The molecule has 0 saturated carbocycles. The number of rotatable bonds is 9. The van der Waals surface area contributed by atoms with Gasteiger partial charge in [-0.2, -0.15) is 0 Å². The predicted octanol–water partition coefficient (Wildman–Crippen LogP) is 4.50. The van der Waals surface area contributed by atoms with Crippen LogP contribution in [0.4, 0.5) is 0 Å². The van der Waals surface area contributed by atoms with Crippen LogP contribution in [0.15, 0.2) is 24.3 Å². The Bertz CT molecular complexity index is 544. The molecule has 0 aliphatic carbocycles. The first-order valence-corrected chi connectivity index (χ1v) is 8.47. The third-order valence-corrected chi connectivity index (χ3v) is 4.14. The molecule has 1 atom stereocenters. The molecule has 0 aliphatic heterocycles. The van der Waals surface area contributed by atoms with Crippen molar-refractivity contribution >= 4 is 11.0 Å². The fraction of sp³-hybridized carbons (Fsp3) is 0.611. The van der Waals surface area contributed by atoms with Crippen molar-refractivity contribution in [3.05, 3.63) is 30.1 Å². The van der Waals surface area contributed by atoms with Crippen LogP contribution in [0.3, 0.4) is 0 Å². The summed E-state index contributed by atoms with van der Waals surface area (Å²) in [7, 11) is 0. The van der Waals surface area contributed by atoms with Gasteiger partial charge >= 0.3 is 0 Å². The monoisotopic (exact) mass is 287 g/mol. The van der Waals surface area contributed by atoms with Crippen LogP contribution in [0.5, 0.6) is 0 Å². The van der Waals surface area contributed by atoms with Gasteiger partial charge in [-0.25, -0.2) is 4.98 Å². The number of benzene rings is 1. The van der Waals surface area contributed by atoms with Crippen LogP contribution in [0.1, 0.15) is 58.7 Å². The second kappa shape index (κ2) is 8.18. The van der Waals surface area contributed by atoms with E-state index in [9.17, 15) is 0 Å². The lowest BCUT2D eigenvalue weighted by atomic mass is 10.1. The second-order valence-electron chi connectivity index (χ2n) is 5.77. The fourth-order valence-electron chi connectivity index (χ4n) is 3.00. The molecule has 1 unspecified atom stereocenters. The Morgan fingerprint density at radius 2 is 1.90 bits per heavy atom. The molecule has 3 nitrogen and oxygen atoms in total. The summed E-state index contributed by atoms with van der Waals surface area (Å²) in [6.45, 7) is 8.57. The van der Waals surface area contributed by atoms with Gasteiger partial charge in [0.15, 0.2) is 0 Å². The van der Waals surface area contributed by atoms with Gasteiger partial charge in [0.25, 0.3) is 0 Å². The Hall–Kier alpha value is -1.35. The highest BCUT2D eigenvalue weighted by atomic mass is 15.1. The summed E-state index contributed by atoms with van der Waals surface area (Å²) >= 11 is 0. The first-order valence-electron chi connectivity index (χ1n) is 8.47. The Kier molecular flexibility index (Phi) is 6.24. The second-order valence-corrected chi connectivity index (χ2v) is 5.77. The highest BCUT2D eigenvalue weighted by Crippen LogP contribution is 2.16. The Morgan fingerprint density at radius 1 is 1.10 bits per heavy atom. The molecule has 116 valence electrons. The normalized spacial score (nSPS) is 12.9. The van der Waals surface area contributed by atoms with Crippen molar-refractivity contribution in [3.63, 3.8) is 0 Å². The highest BCUT2D eigenvalue weighted by Gasteiger charge is 2.11. The minimum absolute atomic E-state index is 0.625. The van der Waals surface area contributed by atoms with Crippen molar-refractivity contribution in [3.8, 4) is 0 Å². The molecule has 0 aliphatic rings. The SMILES string of the molecule is CCCCC(CCC)NCc1nc2ccccc2n1CC. The number of hydrogen-bond donors (Lipinski definition) is 1. The van der Waals surface area contributed by atoms with Crippen LogP contribution in [-0.2, 0) is 13.1 Å². The summed E-state index contributed by atoms with van der Waals surface area (Å²) in [5, 5.41) is 3.72. The van der Waals surface area contributed by atoms with E-state index in [1.807, 2.05) is 0 Å². The van der Waals surface area contributed by atoms with Gasteiger partial charge in [-0.3, -0.25) is 0 Å². The summed E-state index contributed by atoms with van der Waals surface area (Å²) < 4.78 is 2.32. The molecule has 0 amide bonds. The molecule has 0 saturated heterocycles. The molecule has 0 radical (unpaired) electrons. The van der Waals surface area contributed by atoms with E-state index in [0.29, 0.717) is 6.04 Å². The maximum atomic E-state index is 4.80. The molecule has 2 rings (SSSR count). The smallest absolute Gasteiger partial charge is 0.123 e. The van der Waals surface area contributed by atoms with Crippen LogP contribution in [0.2, 0.25) is 0 Å². The van der Waals surface area contributed by atoms with E-state index in [0.717, 1.165) is 24.4 Å². The number of nitrogens with zero attached hydrogens (tertiary/aromatic N) is 2. The number of aromatic nitrogens is 2. The average Bonchev–Trinajstić information content (AvgIpc) is 2.87. The number of unbranched alkanes of at least 4 members (excludes halogenated alkanes) is 1. The number of hydrogen-bond acceptors (Lipinski definition) is 2. The van der Waals surface area contributed by atoms with E-state index >= 15 is 0 Å². The molecule has 0 fully saturated rings. The summed E-state index contributed by atoms with van der Waals surface area (Å²) in [6, 6.07) is 9.05. The van der Waals surface area contributed by atoms with Gasteiger partial charge < -0.3 is 9.88 Å². The standard InChI is InChI=1S/C18H29N3/c1-4-7-11-15(10-5-2)19-14-18-20-16-12-8-9-13-17(16)21(18)6-3/h8-9,12-13,15,19H,4-7,10-11,14H2,1-3H3. The zero-order valence-corrected chi connectivity index (χ0v) is 13.7. The molecule has 2 aromatic rings. The summed E-state index contributed by atoms with van der Waals surface area (Å²) in [5.74, 6) is 1.16. The molecular formula is C18H29N3. The van der Waals surface area contributed by atoms with Crippen LogP contribution in [0, 0.1) is 0 Å². The molecule has 3 heteroatoms. The van der Waals surface area contributed by atoms with Crippen molar-refractivity contribution in [2.24, 2.45) is 0 Å². The van der Waals surface area contributed by atoms with Crippen molar-refractivity contribution in [2.75, 3.05) is 0 Å². The van der Waals surface area contributed by atoms with Gasteiger partial charge in [-0.15, -0.1) is 0 Å². The zero-order valence-electron chi connectivity index (χ0n) is 13.7. The van der Waals surface area contributed by atoms with Crippen molar-refractivity contribution in [1.29, 1.82) is 0 Å².